The Hall–Kier alpha value is -4.40. The summed E-state index contributed by atoms with van der Waals surface area (Å²) in [6, 6.07) is 11.6. The smallest absolute Gasteiger partial charge is 0.251 e. The zero-order valence-electron chi connectivity index (χ0n) is 20.0. The number of furan rings is 1. The lowest BCUT2D eigenvalue weighted by Gasteiger charge is -2.21. The van der Waals surface area contributed by atoms with E-state index in [1.807, 2.05) is 13.8 Å². The van der Waals surface area contributed by atoms with Crippen molar-refractivity contribution in [1.29, 1.82) is 0 Å². The van der Waals surface area contributed by atoms with E-state index in [-0.39, 0.29) is 18.8 Å². The van der Waals surface area contributed by atoms with Crippen molar-refractivity contribution in [2.24, 2.45) is 0 Å². The third-order valence-electron chi connectivity index (χ3n) is 5.52. The van der Waals surface area contributed by atoms with Crippen LogP contribution in [0.25, 0.3) is 6.08 Å². The second kappa shape index (κ2) is 10.9. The number of benzene rings is 2. The molecule has 0 radical (unpaired) electrons. The van der Waals surface area contributed by atoms with E-state index in [0.29, 0.717) is 28.6 Å². The predicted octanol–water partition coefficient (Wildman–Crippen LogP) is 6.00. The van der Waals surface area contributed by atoms with Crippen LogP contribution in [0.1, 0.15) is 28.3 Å². The highest BCUT2D eigenvalue weighted by molar-refractivity contribution is 6.03. The van der Waals surface area contributed by atoms with Gasteiger partial charge < -0.3 is 18.4 Å². The Bertz CT molecular complexity index is 1360. The van der Waals surface area contributed by atoms with Crippen LogP contribution in [0.2, 0.25) is 0 Å². The van der Waals surface area contributed by atoms with Crippen molar-refractivity contribution in [3.8, 4) is 11.5 Å². The topological polar surface area (TPSA) is 77.9 Å². The molecule has 0 spiro atoms. The summed E-state index contributed by atoms with van der Waals surface area (Å²) in [5, 5.41) is 3.92. The first-order valence-corrected chi connectivity index (χ1v) is 11.1. The zero-order valence-corrected chi connectivity index (χ0v) is 20.0. The SMILES string of the molecule is COc1cc(/C=C/C(=O)N(Cc2ccco2)c2ccc(F)cc2F)ccc1OCc1c(C)noc1C. The number of hydrogen-bond donors (Lipinski definition) is 0. The number of carbonyl (C=O) groups is 1. The van der Waals surface area contributed by atoms with Gasteiger partial charge in [-0.3, -0.25) is 9.69 Å². The number of nitrogens with zero attached hydrogens (tertiary/aromatic N) is 2. The minimum atomic E-state index is -0.857. The maximum Gasteiger partial charge on any atom is 0.251 e. The number of halogens is 2. The van der Waals surface area contributed by atoms with E-state index < -0.39 is 17.5 Å². The summed E-state index contributed by atoms with van der Waals surface area (Å²) >= 11 is 0. The quantitative estimate of drug-likeness (QED) is 0.266. The van der Waals surface area contributed by atoms with E-state index in [4.69, 9.17) is 18.4 Å². The normalized spacial score (nSPS) is 11.1. The van der Waals surface area contributed by atoms with Gasteiger partial charge in [-0.25, -0.2) is 8.78 Å². The minimum absolute atomic E-state index is 0.0312. The van der Waals surface area contributed by atoms with Crippen molar-refractivity contribution in [3.05, 3.63) is 101 Å². The number of anilines is 1. The molecule has 36 heavy (non-hydrogen) atoms. The lowest BCUT2D eigenvalue weighted by atomic mass is 10.1. The Labute approximate surface area is 206 Å². The third-order valence-corrected chi connectivity index (χ3v) is 5.52. The number of ether oxygens (including phenoxy) is 2. The molecule has 4 rings (SSSR count). The molecular weight excluding hydrogens is 470 g/mol. The van der Waals surface area contributed by atoms with Crippen molar-refractivity contribution in [2.45, 2.75) is 27.0 Å². The number of methoxy groups -OCH3 is 1. The average Bonchev–Trinajstić information content (AvgIpc) is 3.49. The molecule has 0 saturated carbocycles. The molecule has 4 aromatic rings. The van der Waals surface area contributed by atoms with Crippen molar-refractivity contribution < 1.29 is 32.0 Å². The van der Waals surface area contributed by atoms with Crippen molar-refractivity contribution in [2.75, 3.05) is 12.0 Å². The molecule has 0 aliphatic rings. The van der Waals surface area contributed by atoms with E-state index in [0.717, 1.165) is 23.4 Å². The lowest BCUT2D eigenvalue weighted by molar-refractivity contribution is -0.114. The maximum atomic E-state index is 14.5. The highest BCUT2D eigenvalue weighted by Gasteiger charge is 2.20. The molecular formula is C27H24F2N2O5. The Morgan fingerprint density at radius 1 is 1.11 bits per heavy atom. The van der Waals surface area contributed by atoms with E-state index >= 15 is 0 Å². The molecule has 0 atom stereocenters. The average molecular weight is 494 g/mol. The molecule has 2 aromatic carbocycles. The van der Waals surface area contributed by atoms with Gasteiger partial charge in [-0.2, -0.15) is 0 Å². The summed E-state index contributed by atoms with van der Waals surface area (Å²) < 4.78 is 49.7. The van der Waals surface area contributed by atoms with Crippen LogP contribution in [0, 0.1) is 25.5 Å². The fourth-order valence-corrected chi connectivity index (χ4v) is 3.56. The fourth-order valence-electron chi connectivity index (χ4n) is 3.56. The molecule has 0 fully saturated rings. The van der Waals surface area contributed by atoms with Crippen molar-refractivity contribution in [3.63, 3.8) is 0 Å². The molecule has 186 valence electrons. The molecule has 1 amide bonds. The summed E-state index contributed by atoms with van der Waals surface area (Å²) in [6.45, 7) is 3.88. The molecule has 0 bridgehead atoms. The van der Waals surface area contributed by atoms with Crippen LogP contribution in [0.5, 0.6) is 11.5 Å². The zero-order chi connectivity index (χ0) is 25.7. The Morgan fingerprint density at radius 2 is 1.94 bits per heavy atom. The maximum absolute atomic E-state index is 14.5. The van der Waals surface area contributed by atoms with Crippen LogP contribution < -0.4 is 14.4 Å². The Kier molecular flexibility index (Phi) is 7.48. The summed E-state index contributed by atoms with van der Waals surface area (Å²) in [7, 11) is 1.51. The van der Waals surface area contributed by atoms with Crippen LogP contribution in [0.4, 0.5) is 14.5 Å². The van der Waals surface area contributed by atoms with Gasteiger partial charge in [0.1, 0.15) is 29.8 Å². The van der Waals surface area contributed by atoms with Crippen LogP contribution in [0.15, 0.2) is 69.8 Å². The number of rotatable bonds is 9. The van der Waals surface area contributed by atoms with Crippen LogP contribution in [-0.4, -0.2) is 18.2 Å². The van der Waals surface area contributed by atoms with Gasteiger partial charge in [-0.15, -0.1) is 0 Å². The number of hydrogen-bond acceptors (Lipinski definition) is 6. The molecule has 7 nitrogen and oxygen atoms in total. The molecule has 0 saturated heterocycles. The first-order chi connectivity index (χ1) is 17.4. The second-order valence-electron chi connectivity index (χ2n) is 7.93. The van der Waals surface area contributed by atoms with Gasteiger partial charge in [0.05, 0.1) is 36.9 Å². The van der Waals surface area contributed by atoms with E-state index in [1.165, 1.54) is 30.4 Å². The largest absolute Gasteiger partial charge is 0.493 e. The van der Waals surface area contributed by atoms with Crippen LogP contribution >= 0.6 is 0 Å². The van der Waals surface area contributed by atoms with E-state index in [9.17, 15) is 13.6 Å². The van der Waals surface area contributed by atoms with E-state index in [2.05, 4.69) is 5.16 Å². The molecule has 2 aromatic heterocycles. The van der Waals surface area contributed by atoms with Crippen molar-refractivity contribution in [1.82, 2.24) is 5.16 Å². The highest BCUT2D eigenvalue weighted by Crippen LogP contribution is 2.30. The van der Waals surface area contributed by atoms with Crippen LogP contribution in [-0.2, 0) is 17.9 Å². The second-order valence-corrected chi connectivity index (χ2v) is 7.93. The minimum Gasteiger partial charge on any atom is -0.493 e. The van der Waals surface area contributed by atoms with Crippen molar-refractivity contribution >= 4 is 17.7 Å². The first kappa shape index (κ1) is 24.7. The van der Waals surface area contributed by atoms with Gasteiger partial charge in [-0.1, -0.05) is 11.2 Å². The summed E-state index contributed by atoms with van der Waals surface area (Å²) in [6.07, 6.45) is 4.32. The van der Waals surface area contributed by atoms with Gasteiger partial charge in [0.25, 0.3) is 5.91 Å². The monoisotopic (exact) mass is 494 g/mol. The number of aryl methyl sites for hydroxylation is 2. The predicted molar refractivity (Wildman–Crippen MR) is 129 cm³/mol. The van der Waals surface area contributed by atoms with Gasteiger partial charge in [0.15, 0.2) is 11.5 Å². The number of carbonyl (C=O) groups excluding carboxylic acids is 1. The van der Waals surface area contributed by atoms with Gasteiger partial charge >= 0.3 is 0 Å². The summed E-state index contributed by atoms with van der Waals surface area (Å²) in [5.74, 6) is -0.00863. The molecule has 0 aliphatic carbocycles. The molecule has 0 N–H and O–H groups in total. The van der Waals surface area contributed by atoms with Gasteiger partial charge in [0.2, 0.25) is 0 Å². The standard InChI is InChI=1S/C27H24F2N2O5/c1-17-22(18(2)36-30-17)16-35-25-10-6-19(13-26(25)33-3)7-11-27(32)31(15-21-5-4-12-34-21)24-9-8-20(28)14-23(24)29/h4-14H,15-16H2,1-3H3/b11-7+. The Morgan fingerprint density at radius 3 is 2.61 bits per heavy atom. The van der Waals surface area contributed by atoms with Crippen LogP contribution in [0.3, 0.4) is 0 Å². The van der Waals surface area contributed by atoms with E-state index in [1.54, 1.807) is 36.4 Å². The third kappa shape index (κ3) is 5.63. The summed E-state index contributed by atoms with van der Waals surface area (Å²) in [4.78, 5) is 14.2. The van der Waals surface area contributed by atoms with Gasteiger partial charge in [0, 0.05) is 12.1 Å². The number of amides is 1. The van der Waals surface area contributed by atoms with Gasteiger partial charge in [-0.05, 0) is 61.9 Å². The fraction of sp³-hybridized carbons (Fsp3) is 0.185. The summed E-state index contributed by atoms with van der Waals surface area (Å²) in [5.41, 5.74) is 2.20. The Balaban J connectivity index is 1.53. The number of aromatic nitrogens is 1. The lowest BCUT2D eigenvalue weighted by Crippen LogP contribution is -2.29. The molecule has 0 unspecified atom stereocenters. The molecule has 0 aliphatic heterocycles. The molecule has 9 heteroatoms. The highest BCUT2D eigenvalue weighted by atomic mass is 19.1. The molecule has 2 heterocycles. The first-order valence-electron chi connectivity index (χ1n) is 11.1.